The molecule has 30 heavy (non-hydrogen) atoms. The maximum Gasteiger partial charge on any atom is 0.191 e. The van der Waals surface area contributed by atoms with Crippen molar-refractivity contribution >= 4 is 35.8 Å². The summed E-state index contributed by atoms with van der Waals surface area (Å²) in [5.74, 6) is 2.80. The van der Waals surface area contributed by atoms with Gasteiger partial charge in [-0.05, 0) is 70.2 Å². The zero-order valence-corrected chi connectivity index (χ0v) is 21.6. The molecule has 3 heterocycles. The lowest BCUT2D eigenvalue weighted by molar-refractivity contribution is 0.0982. The molecule has 0 bridgehead atoms. The van der Waals surface area contributed by atoms with Gasteiger partial charge in [-0.25, -0.2) is 4.98 Å². The van der Waals surface area contributed by atoms with E-state index in [2.05, 4.69) is 58.3 Å². The van der Waals surface area contributed by atoms with E-state index in [1.54, 1.807) is 0 Å². The number of rotatable bonds is 6. The van der Waals surface area contributed by atoms with E-state index in [4.69, 9.17) is 4.98 Å². The molecule has 2 aliphatic heterocycles. The minimum atomic E-state index is 0. The normalized spacial score (nSPS) is 19.3. The highest BCUT2D eigenvalue weighted by atomic mass is 127. The lowest BCUT2D eigenvalue weighted by Gasteiger charge is -2.41. The fourth-order valence-electron chi connectivity index (χ4n) is 4.26. The Hall–Kier alpha value is -1.09. The van der Waals surface area contributed by atoms with Gasteiger partial charge in [0.15, 0.2) is 5.96 Å². The number of likely N-dealkylation sites (tertiary alicyclic amines) is 1. The summed E-state index contributed by atoms with van der Waals surface area (Å²) in [6.07, 6.45) is 8.52. The van der Waals surface area contributed by atoms with E-state index in [1.807, 2.05) is 13.2 Å². The van der Waals surface area contributed by atoms with E-state index >= 15 is 0 Å². The Labute approximate surface area is 200 Å². The molecule has 1 aromatic rings. The molecular formula is C23H41IN6. The van der Waals surface area contributed by atoms with Crippen LogP contribution in [-0.2, 0) is 6.54 Å². The van der Waals surface area contributed by atoms with Gasteiger partial charge in [0.2, 0.25) is 0 Å². The van der Waals surface area contributed by atoms with Crippen LogP contribution in [0.15, 0.2) is 23.3 Å². The Morgan fingerprint density at radius 1 is 1.10 bits per heavy atom. The highest BCUT2D eigenvalue weighted by Crippen LogP contribution is 2.21. The van der Waals surface area contributed by atoms with Crippen LogP contribution in [0.5, 0.6) is 0 Å². The van der Waals surface area contributed by atoms with Crippen LogP contribution in [0.4, 0.5) is 5.82 Å². The Bertz CT molecular complexity index is 646. The van der Waals surface area contributed by atoms with Crippen LogP contribution in [0.3, 0.4) is 0 Å². The monoisotopic (exact) mass is 528 g/mol. The first-order valence-electron chi connectivity index (χ1n) is 11.4. The molecule has 6 nitrogen and oxygen atoms in total. The number of piperidine rings is 2. The van der Waals surface area contributed by atoms with Gasteiger partial charge >= 0.3 is 0 Å². The number of hydrogen-bond donors (Lipinski definition) is 2. The van der Waals surface area contributed by atoms with E-state index in [1.165, 1.54) is 50.8 Å². The standard InChI is InChI=1S/C23H40N6.HI/c1-19-10-14-28(15-11-19)21-9-8-20(16-25-21)17-26-22(24-4)27-18-23(2,3)29-12-6-5-7-13-29;/h8-9,16,19H,5-7,10-15,17-18H2,1-4H3,(H2,24,26,27);1H. The van der Waals surface area contributed by atoms with E-state index < -0.39 is 0 Å². The van der Waals surface area contributed by atoms with E-state index in [0.717, 1.165) is 43.9 Å². The van der Waals surface area contributed by atoms with E-state index in [-0.39, 0.29) is 29.5 Å². The summed E-state index contributed by atoms with van der Waals surface area (Å²) < 4.78 is 0. The molecule has 0 spiro atoms. The van der Waals surface area contributed by atoms with Crippen molar-refractivity contribution in [1.29, 1.82) is 0 Å². The first-order valence-corrected chi connectivity index (χ1v) is 11.4. The molecule has 0 radical (unpaired) electrons. The van der Waals surface area contributed by atoms with Crippen LogP contribution in [0.25, 0.3) is 0 Å². The molecule has 0 aromatic carbocycles. The minimum Gasteiger partial charge on any atom is -0.357 e. The molecule has 1 aromatic heterocycles. The summed E-state index contributed by atoms with van der Waals surface area (Å²) in [7, 11) is 1.84. The van der Waals surface area contributed by atoms with Crippen molar-refractivity contribution in [3.63, 3.8) is 0 Å². The van der Waals surface area contributed by atoms with Crippen LogP contribution in [-0.4, -0.2) is 61.2 Å². The molecule has 2 fully saturated rings. The summed E-state index contributed by atoms with van der Waals surface area (Å²) in [4.78, 5) is 14.1. The maximum absolute atomic E-state index is 4.70. The Morgan fingerprint density at radius 2 is 1.80 bits per heavy atom. The highest BCUT2D eigenvalue weighted by molar-refractivity contribution is 14.0. The smallest absolute Gasteiger partial charge is 0.191 e. The number of halogens is 1. The van der Waals surface area contributed by atoms with Crippen molar-refractivity contribution in [2.45, 2.75) is 65.0 Å². The predicted molar refractivity (Wildman–Crippen MR) is 138 cm³/mol. The van der Waals surface area contributed by atoms with Crippen molar-refractivity contribution in [3.05, 3.63) is 23.9 Å². The second-order valence-electron chi connectivity index (χ2n) is 9.33. The summed E-state index contributed by atoms with van der Waals surface area (Å²) in [6, 6.07) is 4.33. The Balaban J connectivity index is 0.00000320. The van der Waals surface area contributed by atoms with Crippen LogP contribution in [0.1, 0.15) is 58.4 Å². The first kappa shape index (κ1) is 25.2. The van der Waals surface area contributed by atoms with Gasteiger partial charge in [0.1, 0.15) is 5.82 Å². The molecule has 170 valence electrons. The van der Waals surface area contributed by atoms with Crippen LogP contribution in [0.2, 0.25) is 0 Å². The Kier molecular flexibility index (Phi) is 10.1. The van der Waals surface area contributed by atoms with Crippen LogP contribution >= 0.6 is 24.0 Å². The Morgan fingerprint density at radius 3 is 2.40 bits per heavy atom. The second kappa shape index (κ2) is 12.1. The summed E-state index contributed by atoms with van der Waals surface area (Å²) in [5, 5.41) is 6.95. The zero-order valence-electron chi connectivity index (χ0n) is 19.3. The SMILES string of the molecule is CN=C(NCc1ccc(N2CCC(C)CC2)nc1)NCC(C)(C)N1CCCCC1.I. The lowest BCUT2D eigenvalue weighted by atomic mass is 9.98. The third kappa shape index (κ3) is 7.25. The topological polar surface area (TPSA) is 55.8 Å². The van der Waals surface area contributed by atoms with Crippen LogP contribution < -0.4 is 15.5 Å². The van der Waals surface area contributed by atoms with Crippen molar-refractivity contribution < 1.29 is 0 Å². The number of guanidine groups is 1. The van der Waals surface area contributed by atoms with Gasteiger partial charge in [0.05, 0.1) is 0 Å². The average Bonchev–Trinajstić information content (AvgIpc) is 2.75. The second-order valence-corrected chi connectivity index (χ2v) is 9.33. The number of aromatic nitrogens is 1. The average molecular weight is 529 g/mol. The van der Waals surface area contributed by atoms with Gasteiger partial charge in [-0.3, -0.25) is 9.89 Å². The molecule has 2 N–H and O–H groups in total. The lowest BCUT2D eigenvalue weighted by Crippen LogP contribution is -2.54. The van der Waals surface area contributed by atoms with E-state index in [0.29, 0.717) is 0 Å². The van der Waals surface area contributed by atoms with Gasteiger partial charge < -0.3 is 15.5 Å². The number of anilines is 1. The quantitative estimate of drug-likeness (QED) is 0.334. The molecule has 0 saturated carbocycles. The van der Waals surface area contributed by atoms with Crippen LogP contribution in [0, 0.1) is 5.92 Å². The number of nitrogens with zero attached hydrogens (tertiary/aromatic N) is 4. The molecular weight excluding hydrogens is 487 g/mol. The third-order valence-electron chi connectivity index (χ3n) is 6.50. The molecule has 3 rings (SSSR count). The highest BCUT2D eigenvalue weighted by Gasteiger charge is 2.27. The van der Waals surface area contributed by atoms with Crippen molar-refractivity contribution in [2.24, 2.45) is 10.9 Å². The van der Waals surface area contributed by atoms with Gasteiger partial charge in [-0.2, -0.15) is 0 Å². The summed E-state index contributed by atoms with van der Waals surface area (Å²) >= 11 is 0. The molecule has 0 unspecified atom stereocenters. The number of aliphatic imine (C=N–C) groups is 1. The van der Waals surface area contributed by atoms with Crippen molar-refractivity contribution in [1.82, 2.24) is 20.5 Å². The molecule has 2 saturated heterocycles. The fourth-order valence-corrected chi connectivity index (χ4v) is 4.26. The maximum atomic E-state index is 4.70. The van der Waals surface area contributed by atoms with E-state index in [9.17, 15) is 0 Å². The summed E-state index contributed by atoms with van der Waals surface area (Å²) in [5.41, 5.74) is 1.31. The fraction of sp³-hybridized carbons (Fsp3) is 0.739. The molecule has 7 heteroatoms. The zero-order chi connectivity index (χ0) is 20.7. The number of nitrogens with one attached hydrogen (secondary N) is 2. The van der Waals surface area contributed by atoms with Gasteiger partial charge in [-0.15, -0.1) is 24.0 Å². The third-order valence-corrected chi connectivity index (χ3v) is 6.50. The molecule has 2 aliphatic rings. The van der Waals surface area contributed by atoms with Gasteiger partial charge in [-0.1, -0.05) is 19.4 Å². The first-order chi connectivity index (χ1) is 14.0. The molecule has 0 atom stereocenters. The van der Waals surface area contributed by atoms with Gasteiger partial charge in [0.25, 0.3) is 0 Å². The largest absolute Gasteiger partial charge is 0.357 e. The number of hydrogen-bond acceptors (Lipinski definition) is 4. The van der Waals surface area contributed by atoms with Crippen molar-refractivity contribution in [2.75, 3.05) is 44.7 Å². The predicted octanol–water partition coefficient (Wildman–Crippen LogP) is 3.87. The van der Waals surface area contributed by atoms with Crippen molar-refractivity contribution in [3.8, 4) is 0 Å². The summed E-state index contributed by atoms with van der Waals surface area (Å²) in [6.45, 7) is 13.2. The molecule has 0 amide bonds. The minimum absolute atomic E-state index is 0. The van der Waals surface area contributed by atoms with Gasteiger partial charge in [0, 0.05) is 45.0 Å². The number of pyridine rings is 1. The molecule has 0 aliphatic carbocycles.